The SMILES string of the molecule is NC(=O)CC1CCN(C(=O)N2CC(O)C[C@H]2C(=O)O)CC1. The summed E-state index contributed by atoms with van der Waals surface area (Å²) in [6.07, 6.45) is 0.968. The predicted octanol–water partition coefficient (Wildman–Crippen LogP) is -0.786. The number of piperidine rings is 1. The van der Waals surface area contributed by atoms with Crippen molar-refractivity contribution in [2.45, 2.75) is 37.8 Å². The summed E-state index contributed by atoms with van der Waals surface area (Å²) in [6.45, 7) is 1.02. The first-order valence-corrected chi connectivity index (χ1v) is 7.13. The molecule has 2 heterocycles. The van der Waals surface area contributed by atoms with Gasteiger partial charge in [-0.1, -0.05) is 0 Å². The minimum absolute atomic E-state index is 0.0526. The minimum Gasteiger partial charge on any atom is -0.480 e. The lowest BCUT2D eigenvalue weighted by Crippen LogP contribution is -2.50. The summed E-state index contributed by atoms with van der Waals surface area (Å²) in [6, 6.07) is -1.31. The monoisotopic (exact) mass is 299 g/mol. The van der Waals surface area contributed by atoms with Crippen LogP contribution in [0.2, 0.25) is 0 Å². The number of nitrogens with zero attached hydrogens (tertiary/aromatic N) is 2. The van der Waals surface area contributed by atoms with E-state index in [4.69, 9.17) is 10.8 Å². The second-order valence-electron chi connectivity index (χ2n) is 5.78. The molecule has 0 radical (unpaired) electrons. The van der Waals surface area contributed by atoms with Gasteiger partial charge in [0.1, 0.15) is 6.04 Å². The number of rotatable bonds is 3. The van der Waals surface area contributed by atoms with Gasteiger partial charge in [0, 0.05) is 32.5 Å². The van der Waals surface area contributed by atoms with Gasteiger partial charge in [-0.25, -0.2) is 9.59 Å². The third-order valence-electron chi connectivity index (χ3n) is 4.18. The fourth-order valence-electron chi connectivity index (χ4n) is 3.05. The maximum absolute atomic E-state index is 12.4. The van der Waals surface area contributed by atoms with Gasteiger partial charge in [0.05, 0.1) is 6.10 Å². The first-order valence-electron chi connectivity index (χ1n) is 7.13. The molecule has 0 spiro atoms. The average molecular weight is 299 g/mol. The van der Waals surface area contributed by atoms with E-state index in [9.17, 15) is 19.5 Å². The molecule has 4 N–H and O–H groups in total. The average Bonchev–Trinajstić information content (AvgIpc) is 2.80. The van der Waals surface area contributed by atoms with E-state index < -0.39 is 18.1 Å². The Morgan fingerprint density at radius 3 is 2.33 bits per heavy atom. The number of hydrogen-bond acceptors (Lipinski definition) is 4. The summed E-state index contributed by atoms with van der Waals surface area (Å²) in [4.78, 5) is 37.2. The first kappa shape index (κ1) is 15.6. The maximum Gasteiger partial charge on any atom is 0.326 e. The van der Waals surface area contributed by atoms with E-state index >= 15 is 0 Å². The lowest BCUT2D eigenvalue weighted by atomic mass is 9.93. The number of likely N-dealkylation sites (tertiary alicyclic amines) is 2. The topological polar surface area (TPSA) is 124 Å². The van der Waals surface area contributed by atoms with Crippen LogP contribution in [0.25, 0.3) is 0 Å². The fraction of sp³-hybridized carbons (Fsp3) is 0.769. The van der Waals surface area contributed by atoms with Gasteiger partial charge in [0.15, 0.2) is 0 Å². The van der Waals surface area contributed by atoms with Crippen LogP contribution in [-0.4, -0.2) is 69.7 Å². The molecule has 0 bridgehead atoms. The Labute approximate surface area is 122 Å². The number of hydrogen-bond donors (Lipinski definition) is 3. The Kier molecular flexibility index (Phi) is 4.66. The normalized spacial score (nSPS) is 26.9. The smallest absolute Gasteiger partial charge is 0.326 e. The molecule has 0 saturated carbocycles. The van der Waals surface area contributed by atoms with Crippen LogP contribution < -0.4 is 5.73 Å². The van der Waals surface area contributed by atoms with Gasteiger partial charge in [0.25, 0.3) is 0 Å². The van der Waals surface area contributed by atoms with Crippen LogP contribution in [0.4, 0.5) is 4.79 Å². The van der Waals surface area contributed by atoms with Gasteiger partial charge in [-0.15, -0.1) is 0 Å². The molecule has 0 aromatic carbocycles. The van der Waals surface area contributed by atoms with Gasteiger partial charge >= 0.3 is 12.0 Å². The Hall–Kier alpha value is -1.83. The third-order valence-corrected chi connectivity index (χ3v) is 4.18. The van der Waals surface area contributed by atoms with E-state index in [1.807, 2.05) is 0 Å². The second kappa shape index (κ2) is 6.30. The summed E-state index contributed by atoms with van der Waals surface area (Å²) in [5.74, 6) is -1.25. The summed E-state index contributed by atoms with van der Waals surface area (Å²) in [7, 11) is 0. The van der Waals surface area contributed by atoms with Crippen LogP contribution >= 0.6 is 0 Å². The molecule has 2 fully saturated rings. The molecular formula is C13H21N3O5. The molecule has 2 saturated heterocycles. The number of aliphatic hydroxyl groups excluding tert-OH is 1. The third kappa shape index (κ3) is 3.63. The zero-order valence-corrected chi connectivity index (χ0v) is 11.8. The van der Waals surface area contributed by atoms with Crippen LogP contribution in [0.3, 0.4) is 0 Å². The number of aliphatic hydroxyl groups is 1. The Bertz CT molecular complexity index is 434. The number of urea groups is 1. The van der Waals surface area contributed by atoms with Gasteiger partial charge in [-0.2, -0.15) is 0 Å². The van der Waals surface area contributed by atoms with Gasteiger partial charge in [-0.3, -0.25) is 4.79 Å². The number of carbonyl (C=O) groups is 3. The Morgan fingerprint density at radius 1 is 1.19 bits per heavy atom. The lowest BCUT2D eigenvalue weighted by molar-refractivity contribution is -0.141. The maximum atomic E-state index is 12.4. The van der Waals surface area contributed by atoms with E-state index in [2.05, 4.69) is 0 Å². The Balaban J connectivity index is 1.92. The highest BCUT2D eigenvalue weighted by Crippen LogP contribution is 2.24. The summed E-state index contributed by atoms with van der Waals surface area (Å²) in [5.41, 5.74) is 5.16. The zero-order valence-electron chi connectivity index (χ0n) is 11.8. The number of carboxylic acids is 1. The lowest BCUT2D eigenvalue weighted by Gasteiger charge is -2.35. The van der Waals surface area contributed by atoms with Crippen molar-refractivity contribution in [3.05, 3.63) is 0 Å². The molecule has 2 aliphatic heterocycles. The highest BCUT2D eigenvalue weighted by molar-refractivity contribution is 5.83. The van der Waals surface area contributed by atoms with Crippen LogP contribution in [0.1, 0.15) is 25.7 Å². The van der Waals surface area contributed by atoms with Crippen molar-refractivity contribution in [3.63, 3.8) is 0 Å². The molecule has 21 heavy (non-hydrogen) atoms. The van der Waals surface area contributed by atoms with Crippen molar-refractivity contribution >= 4 is 17.9 Å². The van der Waals surface area contributed by atoms with Gasteiger partial charge in [-0.05, 0) is 18.8 Å². The van der Waals surface area contributed by atoms with Crippen LogP contribution in [0.15, 0.2) is 0 Å². The number of nitrogens with two attached hydrogens (primary N) is 1. The first-order chi connectivity index (χ1) is 9.88. The molecule has 2 atom stereocenters. The number of primary amides is 1. The molecule has 2 rings (SSSR count). The van der Waals surface area contributed by atoms with Crippen LogP contribution in [0.5, 0.6) is 0 Å². The van der Waals surface area contributed by atoms with E-state index in [-0.39, 0.29) is 30.8 Å². The van der Waals surface area contributed by atoms with Crippen molar-refractivity contribution in [2.24, 2.45) is 11.7 Å². The molecule has 8 nitrogen and oxygen atoms in total. The molecule has 1 unspecified atom stereocenters. The van der Waals surface area contributed by atoms with E-state index in [0.29, 0.717) is 32.4 Å². The quantitative estimate of drug-likeness (QED) is 0.630. The molecule has 0 aliphatic carbocycles. The number of amides is 3. The van der Waals surface area contributed by atoms with E-state index in [0.717, 1.165) is 0 Å². The highest BCUT2D eigenvalue weighted by atomic mass is 16.4. The Morgan fingerprint density at radius 2 is 1.81 bits per heavy atom. The van der Waals surface area contributed by atoms with Gasteiger partial charge in [0.2, 0.25) is 5.91 Å². The van der Waals surface area contributed by atoms with Crippen LogP contribution in [-0.2, 0) is 9.59 Å². The summed E-state index contributed by atoms with van der Waals surface area (Å²) in [5, 5.41) is 18.7. The van der Waals surface area contributed by atoms with Crippen LogP contribution in [0, 0.1) is 5.92 Å². The molecule has 2 aliphatic rings. The van der Waals surface area contributed by atoms with E-state index in [1.165, 1.54) is 4.90 Å². The molecule has 3 amide bonds. The summed E-state index contributed by atoms with van der Waals surface area (Å²) < 4.78 is 0. The molecule has 0 aromatic heterocycles. The minimum atomic E-state index is -1.09. The van der Waals surface area contributed by atoms with Crippen molar-refractivity contribution in [3.8, 4) is 0 Å². The number of carboxylic acid groups (broad SMARTS) is 1. The molecule has 118 valence electrons. The van der Waals surface area contributed by atoms with Crippen molar-refractivity contribution < 1.29 is 24.6 Å². The molecule has 0 aromatic rings. The summed E-state index contributed by atoms with van der Waals surface area (Å²) >= 11 is 0. The van der Waals surface area contributed by atoms with Crippen molar-refractivity contribution in [1.29, 1.82) is 0 Å². The number of β-amino-alcohol motifs (C(OH)–C–C–N with tert-alkyl or cyclic N) is 1. The number of aliphatic carboxylic acids is 1. The predicted molar refractivity (Wildman–Crippen MR) is 72.3 cm³/mol. The molecular weight excluding hydrogens is 278 g/mol. The highest BCUT2D eigenvalue weighted by Gasteiger charge is 2.41. The van der Waals surface area contributed by atoms with Crippen molar-refractivity contribution in [1.82, 2.24) is 9.80 Å². The fourth-order valence-corrected chi connectivity index (χ4v) is 3.05. The number of carbonyl (C=O) groups excluding carboxylic acids is 2. The molecule has 8 heteroatoms. The largest absolute Gasteiger partial charge is 0.480 e. The zero-order chi connectivity index (χ0) is 15.6. The second-order valence-corrected chi connectivity index (χ2v) is 5.78. The van der Waals surface area contributed by atoms with Gasteiger partial charge < -0.3 is 25.7 Å². The van der Waals surface area contributed by atoms with E-state index in [1.54, 1.807) is 4.90 Å². The van der Waals surface area contributed by atoms with Crippen molar-refractivity contribution in [2.75, 3.05) is 19.6 Å². The standard InChI is InChI=1S/C13H21N3O5/c14-11(18)5-8-1-3-15(4-2-8)13(21)16-7-9(17)6-10(16)12(19)20/h8-10,17H,1-7H2,(H2,14,18)(H,19,20)/t9?,10-/m0/s1.